The molecule has 0 bridgehead atoms. The number of aryl methyl sites for hydroxylation is 2. The zero-order chi connectivity index (χ0) is 25.9. The Hall–Kier alpha value is -3.92. The van der Waals surface area contributed by atoms with Crippen LogP contribution in [-0.2, 0) is 19.1 Å². The van der Waals surface area contributed by atoms with Crippen LogP contribution < -0.4 is 25.5 Å². The lowest BCUT2D eigenvalue weighted by Crippen LogP contribution is -2.41. The summed E-state index contributed by atoms with van der Waals surface area (Å²) in [6.07, 6.45) is 3.13. The second-order valence-corrected chi connectivity index (χ2v) is 8.34. The van der Waals surface area contributed by atoms with E-state index in [4.69, 9.17) is 14.2 Å². The van der Waals surface area contributed by atoms with Crippen molar-refractivity contribution in [3.63, 3.8) is 0 Å². The summed E-state index contributed by atoms with van der Waals surface area (Å²) in [6, 6.07) is 10.8. The monoisotopic (exact) mass is 496 g/mol. The third-order valence-corrected chi connectivity index (χ3v) is 5.39. The Balaban J connectivity index is 1.52. The predicted octanol–water partition coefficient (Wildman–Crippen LogP) is 2.46. The molecule has 0 saturated carbocycles. The third kappa shape index (κ3) is 8.09. The average molecular weight is 497 g/mol. The van der Waals surface area contributed by atoms with Gasteiger partial charge in [-0.15, -0.1) is 0 Å². The highest BCUT2D eigenvalue weighted by Crippen LogP contribution is 2.28. The van der Waals surface area contributed by atoms with Gasteiger partial charge in [0.15, 0.2) is 18.1 Å². The fraction of sp³-hybridized carbons (Fsp3) is 0.385. The van der Waals surface area contributed by atoms with Crippen molar-refractivity contribution < 1.29 is 28.6 Å². The molecule has 1 fully saturated rings. The molecule has 192 valence electrons. The van der Waals surface area contributed by atoms with Gasteiger partial charge in [-0.05, 0) is 74.6 Å². The first-order valence-electron chi connectivity index (χ1n) is 11.8. The Morgan fingerprint density at radius 1 is 1.08 bits per heavy atom. The van der Waals surface area contributed by atoms with E-state index in [0.29, 0.717) is 30.3 Å². The third-order valence-electron chi connectivity index (χ3n) is 5.39. The lowest BCUT2D eigenvalue weighted by molar-refractivity contribution is -0.139. The average Bonchev–Trinajstić information content (AvgIpc) is 3.38. The van der Waals surface area contributed by atoms with Crippen molar-refractivity contribution >= 4 is 29.6 Å². The highest BCUT2D eigenvalue weighted by atomic mass is 16.5. The van der Waals surface area contributed by atoms with E-state index in [0.717, 1.165) is 29.7 Å². The zero-order valence-corrected chi connectivity index (χ0v) is 20.8. The van der Waals surface area contributed by atoms with Gasteiger partial charge in [-0.3, -0.25) is 14.4 Å². The maximum Gasteiger partial charge on any atom is 0.329 e. The van der Waals surface area contributed by atoms with Crippen LogP contribution in [0.4, 0.5) is 5.69 Å². The van der Waals surface area contributed by atoms with E-state index in [1.54, 1.807) is 18.2 Å². The second-order valence-electron chi connectivity index (χ2n) is 8.34. The summed E-state index contributed by atoms with van der Waals surface area (Å²) in [4.78, 5) is 36.2. The Kier molecular flexibility index (Phi) is 9.82. The van der Waals surface area contributed by atoms with E-state index >= 15 is 0 Å². The molecule has 0 aliphatic carbocycles. The molecular formula is C26H32N4O6. The molecule has 0 aromatic heterocycles. The maximum absolute atomic E-state index is 12.4. The van der Waals surface area contributed by atoms with Crippen LogP contribution in [0.2, 0.25) is 0 Å². The molecule has 1 aliphatic rings. The van der Waals surface area contributed by atoms with Gasteiger partial charge >= 0.3 is 11.8 Å². The second kappa shape index (κ2) is 13.2. The van der Waals surface area contributed by atoms with Crippen LogP contribution in [0.3, 0.4) is 0 Å². The van der Waals surface area contributed by atoms with Gasteiger partial charge in [0.1, 0.15) is 0 Å². The number of hydrogen-bond donors (Lipinski definition) is 3. The van der Waals surface area contributed by atoms with Crippen molar-refractivity contribution in [3.05, 3.63) is 53.1 Å². The maximum atomic E-state index is 12.4. The smallest absolute Gasteiger partial charge is 0.329 e. The molecule has 3 rings (SSSR count). The van der Waals surface area contributed by atoms with Crippen LogP contribution in [0.25, 0.3) is 0 Å². The van der Waals surface area contributed by atoms with Crippen LogP contribution in [0.1, 0.15) is 36.5 Å². The molecule has 1 aliphatic heterocycles. The molecule has 0 spiro atoms. The fourth-order valence-corrected chi connectivity index (χ4v) is 3.50. The van der Waals surface area contributed by atoms with E-state index < -0.39 is 11.8 Å². The van der Waals surface area contributed by atoms with Crippen molar-refractivity contribution in [2.75, 3.05) is 31.7 Å². The number of anilines is 1. The zero-order valence-electron chi connectivity index (χ0n) is 20.8. The molecule has 1 heterocycles. The summed E-state index contributed by atoms with van der Waals surface area (Å²) in [7, 11) is 0. The van der Waals surface area contributed by atoms with Gasteiger partial charge in [-0.25, -0.2) is 5.43 Å². The topological polar surface area (TPSA) is 127 Å². The number of nitrogens with one attached hydrogen (secondary N) is 3. The van der Waals surface area contributed by atoms with Gasteiger partial charge in [-0.1, -0.05) is 12.1 Å². The van der Waals surface area contributed by atoms with Crippen LogP contribution >= 0.6 is 0 Å². The number of hydrazone groups is 1. The Morgan fingerprint density at radius 3 is 2.67 bits per heavy atom. The minimum absolute atomic E-state index is 0.0549. The Labute approximate surface area is 210 Å². The number of benzene rings is 2. The standard InChI is InChI=1S/C26H32N4O6/c1-4-34-23-13-19(14-28-30-26(33)25(32)27-15-20-6-5-11-35-20)9-10-22(23)36-16-24(31)29-21-12-17(2)7-8-18(21)3/h7-10,12-14,20H,4-6,11,15-16H2,1-3H3,(H,27,32)(H,29,31)(H,30,33)/b28-14-/t20-/m1/s1. The van der Waals surface area contributed by atoms with Gasteiger partial charge in [-0.2, -0.15) is 5.10 Å². The van der Waals surface area contributed by atoms with Crippen molar-refractivity contribution in [2.45, 2.75) is 39.7 Å². The number of amides is 3. The Bertz CT molecular complexity index is 1110. The first-order chi connectivity index (χ1) is 17.4. The SMILES string of the molecule is CCOc1cc(/C=N\NC(=O)C(=O)NC[C@H]2CCCO2)ccc1OCC(=O)Nc1cc(C)ccc1C. The quantitative estimate of drug-likeness (QED) is 0.263. The number of hydrogen-bond acceptors (Lipinski definition) is 7. The molecule has 3 amide bonds. The normalized spacial score (nSPS) is 14.9. The van der Waals surface area contributed by atoms with Crippen molar-refractivity contribution in [1.29, 1.82) is 0 Å². The summed E-state index contributed by atoms with van der Waals surface area (Å²) in [5.41, 5.74) is 5.54. The summed E-state index contributed by atoms with van der Waals surface area (Å²) in [5.74, 6) is -1.13. The van der Waals surface area contributed by atoms with Crippen LogP contribution in [0.5, 0.6) is 11.5 Å². The van der Waals surface area contributed by atoms with Gasteiger partial charge in [0.25, 0.3) is 5.91 Å². The van der Waals surface area contributed by atoms with E-state index in [-0.39, 0.29) is 25.2 Å². The van der Waals surface area contributed by atoms with E-state index in [2.05, 4.69) is 21.2 Å². The molecule has 3 N–H and O–H groups in total. The minimum atomic E-state index is -0.871. The summed E-state index contributed by atoms with van der Waals surface area (Å²) < 4.78 is 16.7. The van der Waals surface area contributed by atoms with E-state index in [9.17, 15) is 14.4 Å². The summed E-state index contributed by atoms with van der Waals surface area (Å²) >= 11 is 0. The van der Waals surface area contributed by atoms with Crippen molar-refractivity contribution in [3.8, 4) is 11.5 Å². The molecule has 10 nitrogen and oxygen atoms in total. The minimum Gasteiger partial charge on any atom is -0.490 e. The molecular weight excluding hydrogens is 464 g/mol. The lowest BCUT2D eigenvalue weighted by Gasteiger charge is -2.13. The van der Waals surface area contributed by atoms with Crippen LogP contribution in [0.15, 0.2) is 41.5 Å². The van der Waals surface area contributed by atoms with E-state index in [1.807, 2.05) is 39.0 Å². The van der Waals surface area contributed by atoms with Gasteiger partial charge < -0.3 is 24.8 Å². The summed E-state index contributed by atoms with van der Waals surface area (Å²) in [6.45, 7) is 6.85. The molecule has 0 unspecified atom stereocenters. The molecule has 1 saturated heterocycles. The van der Waals surface area contributed by atoms with E-state index in [1.165, 1.54) is 6.21 Å². The number of carbonyl (C=O) groups is 3. The van der Waals surface area contributed by atoms with Crippen LogP contribution in [-0.4, -0.2) is 56.4 Å². The van der Waals surface area contributed by atoms with Gasteiger partial charge in [0.05, 0.1) is 18.9 Å². The molecule has 0 radical (unpaired) electrons. The number of rotatable bonds is 10. The molecule has 1 atom stereocenters. The summed E-state index contributed by atoms with van der Waals surface area (Å²) in [5, 5.41) is 9.21. The number of ether oxygens (including phenoxy) is 3. The lowest BCUT2D eigenvalue weighted by atomic mass is 10.1. The highest BCUT2D eigenvalue weighted by Gasteiger charge is 2.19. The molecule has 10 heteroatoms. The van der Waals surface area contributed by atoms with Gasteiger partial charge in [0, 0.05) is 18.8 Å². The number of carbonyl (C=O) groups excluding carboxylic acids is 3. The van der Waals surface area contributed by atoms with Crippen molar-refractivity contribution in [1.82, 2.24) is 10.7 Å². The number of nitrogens with zero attached hydrogens (tertiary/aromatic N) is 1. The van der Waals surface area contributed by atoms with Crippen LogP contribution in [0, 0.1) is 13.8 Å². The Morgan fingerprint density at radius 2 is 1.92 bits per heavy atom. The highest BCUT2D eigenvalue weighted by molar-refractivity contribution is 6.35. The largest absolute Gasteiger partial charge is 0.490 e. The first kappa shape index (κ1) is 26.7. The van der Waals surface area contributed by atoms with Crippen molar-refractivity contribution in [2.24, 2.45) is 5.10 Å². The van der Waals surface area contributed by atoms with Gasteiger partial charge in [0.2, 0.25) is 0 Å². The molecule has 36 heavy (non-hydrogen) atoms. The fourth-order valence-electron chi connectivity index (χ4n) is 3.50. The molecule has 2 aromatic rings. The first-order valence-corrected chi connectivity index (χ1v) is 11.8. The predicted molar refractivity (Wildman–Crippen MR) is 135 cm³/mol. The molecule has 2 aromatic carbocycles.